The van der Waals surface area contributed by atoms with E-state index in [2.05, 4.69) is 27.1 Å². The van der Waals surface area contributed by atoms with Crippen LogP contribution in [0.3, 0.4) is 0 Å². The Morgan fingerprint density at radius 1 is 1.47 bits per heavy atom. The zero-order valence-electron chi connectivity index (χ0n) is 10.7. The lowest BCUT2D eigenvalue weighted by Crippen LogP contribution is -2.20. The summed E-state index contributed by atoms with van der Waals surface area (Å²) in [5.74, 6) is 1.65. The Bertz CT molecular complexity index is 367. The maximum atomic E-state index is 10.9. The Hall–Kier alpha value is -1.65. The van der Waals surface area contributed by atoms with E-state index in [4.69, 9.17) is 0 Å². The third-order valence-electron chi connectivity index (χ3n) is 2.41. The first-order valence-corrected chi connectivity index (χ1v) is 5.90. The largest absolute Gasteiger partial charge is 0.363 e. The Morgan fingerprint density at radius 3 is 2.88 bits per heavy atom. The van der Waals surface area contributed by atoms with E-state index in [0.717, 1.165) is 25.2 Å². The van der Waals surface area contributed by atoms with Crippen LogP contribution in [0.5, 0.6) is 0 Å². The lowest BCUT2D eigenvalue weighted by Gasteiger charge is -2.17. The quantitative estimate of drug-likeness (QED) is 0.781. The van der Waals surface area contributed by atoms with Crippen molar-refractivity contribution in [1.82, 2.24) is 9.97 Å². The molecule has 0 radical (unpaired) electrons. The molecular formula is C12H20N4O. The maximum Gasteiger partial charge on any atom is 0.148 e. The van der Waals surface area contributed by atoms with Gasteiger partial charge in [0.2, 0.25) is 0 Å². The number of Topliss-reactive ketones (excluding diaryl/α,β-unsaturated/α-hetero) is 1. The first kappa shape index (κ1) is 13.4. The molecule has 1 aromatic rings. The smallest absolute Gasteiger partial charge is 0.148 e. The predicted molar refractivity (Wildman–Crippen MR) is 69.4 cm³/mol. The van der Waals surface area contributed by atoms with Crippen molar-refractivity contribution in [3.8, 4) is 0 Å². The highest BCUT2D eigenvalue weighted by Gasteiger charge is 2.04. The van der Waals surface area contributed by atoms with E-state index in [1.54, 1.807) is 6.92 Å². The molecule has 0 aliphatic heterocycles. The molecule has 0 amide bonds. The molecule has 1 heterocycles. The molecule has 0 bridgehead atoms. The fraction of sp³-hybridized carbons (Fsp3) is 0.583. The van der Waals surface area contributed by atoms with Gasteiger partial charge in [-0.25, -0.2) is 9.97 Å². The summed E-state index contributed by atoms with van der Waals surface area (Å²) in [6.45, 7) is 4.98. The predicted octanol–water partition coefficient (Wildman–Crippen LogP) is 1.71. The molecule has 0 saturated heterocycles. The Balaban J connectivity index is 2.61. The molecule has 5 nitrogen and oxygen atoms in total. The molecule has 0 aliphatic rings. The van der Waals surface area contributed by atoms with Gasteiger partial charge in [0.1, 0.15) is 23.7 Å². The zero-order chi connectivity index (χ0) is 12.7. The van der Waals surface area contributed by atoms with Crippen molar-refractivity contribution in [2.75, 3.05) is 30.4 Å². The second-order valence-electron chi connectivity index (χ2n) is 4.09. The molecule has 0 saturated carbocycles. The van der Waals surface area contributed by atoms with E-state index < -0.39 is 0 Å². The average Bonchev–Trinajstić information content (AvgIpc) is 2.33. The number of unbranched alkanes of at least 4 members (excludes halogenated alkanes) is 1. The Kier molecular flexibility index (Phi) is 5.39. The number of anilines is 2. The summed E-state index contributed by atoms with van der Waals surface area (Å²) < 4.78 is 0. The van der Waals surface area contributed by atoms with E-state index in [1.807, 2.05) is 13.1 Å². The van der Waals surface area contributed by atoms with E-state index in [1.165, 1.54) is 6.33 Å². The van der Waals surface area contributed by atoms with Crippen LogP contribution < -0.4 is 10.2 Å². The van der Waals surface area contributed by atoms with Crippen LogP contribution in [0, 0.1) is 0 Å². The van der Waals surface area contributed by atoms with Crippen molar-refractivity contribution in [3.63, 3.8) is 0 Å². The molecule has 0 unspecified atom stereocenters. The summed E-state index contributed by atoms with van der Waals surface area (Å²) in [6.07, 6.45) is 3.81. The summed E-state index contributed by atoms with van der Waals surface area (Å²) in [5.41, 5.74) is 0. The standard InChI is InChI=1S/C12H20N4O/c1-4-5-6-16(3)12-7-11(14-9-15-12)13-8-10(2)17/h7,9H,4-6,8H2,1-3H3,(H,13,14,15). The van der Waals surface area contributed by atoms with Crippen molar-refractivity contribution >= 4 is 17.4 Å². The monoisotopic (exact) mass is 236 g/mol. The highest BCUT2D eigenvalue weighted by molar-refractivity contribution is 5.80. The molecule has 17 heavy (non-hydrogen) atoms. The van der Waals surface area contributed by atoms with E-state index in [9.17, 15) is 4.79 Å². The van der Waals surface area contributed by atoms with Gasteiger partial charge in [0.25, 0.3) is 0 Å². The van der Waals surface area contributed by atoms with Gasteiger partial charge in [-0.15, -0.1) is 0 Å². The average molecular weight is 236 g/mol. The first-order valence-electron chi connectivity index (χ1n) is 5.90. The third kappa shape index (κ3) is 4.80. The minimum absolute atomic E-state index is 0.0875. The van der Waals surface area contributed by atoms with E-state index in [0.29, 0.717) is 12.4 Å². The second kappa shape index (κ2) is 6.83. The van der Waals surface area contributed by atoms with Gasteiger partial charge in [-0.2, -0.15) is 0 Å². The molecule has 1 N–H and O–H groups in total. The topological polar surface area (TPSA) is 58.1 Å². The third-order valence-corrected chi connectivity index (χ3v) is 2.41. The lowest BCUT2D eigenvalue weighted by molar-refractivity contribution is -0.115. The van der Waals surface area contributed by atoms with Crippen LogP contribution in [0.2, 0.25) is 0 Å². The molecule has 1 aromatic heterocycles. The zero-order valence-corrected chi connectivity index (χ0v) is 10.7. The number of ketones is 1. The summed E-state index contributed by atoms with van der Waals surface area (Å²) >= 11 is 0. The highest BCUT2D eigenvalue weighted by atomic mass is 16.1. The fourth-order valence-corrected chi connectivity index (χ4v) is 1.38. The number of aromatic nitrogens is 2. The fourth-order valence-electron chi connectivity index (χ4n) is 1.38. The van der Waals surface area contributed by atoms with Crippen LogP contribution in [0.15, 0.2) is 12.4 Å². The number of carbonyl (C=O) groups excluding carboxylic acids is 1. The number of carbonyl (C=O) groups is 1. The van der Waals surface area contributed by atoms with Crippen molar-refractivity contribution < 1.29 is 4.79 Å². The Morgan fingerprint density at radius 2 is 2.24 bits per heavy atom. The van der Waals surface area contributed by atoms with Crippen molar-refractivity contribution in [2.45, 2.75) is 26.7 Å². The van der Waals surface area contributed by atoms with Crippen LogP contribution >= 0.6 is 0 Å². The minimum atomic E-state index is 0.0875. The van der Waals surface area contributed by atoms with Gasteiger partial charge < -0.3 is 10.2 Å². The molecule has 0 fully saturated rings. The summed E-state index contributed by atoms with van der Waals surface area (Å²) in [5, 5.41) is 2.97. The van der Waals surface area contributed by atoms with Gasteiger partial charge in [0.05, 0.1) is 6.54 Å². The number of nitrogens with one attached hydrogen (secondary N) is 1. The SMILES string of the molecule is CCCCN(C)c1cc(NCC(C)=O)ncn1. The Labute approximate surface area is 102 Å². The molecule has 5 heteroatoms. The number of hydrogen-bond acceptors (Lipinski definition) is 5. The molecular weight excluding hydrogens is 216 g/mol. The van der Waals surface area contributed by atoms with Gasteiger partial charge >= 0.3 is 0 Å². The summed E-state index contributed by atoms with van der Waals surface area (Å²) in [7, 11) is 2.01. The second-order valence-corrected chi connectivity index (χ2v) is 4.09. The van der Waals surface area contributed by atoms with Crippen LogP contribution in [0.4, 0.5) is 11.6 Å². The van der Waals surface area contributed by atoms with Gasteiger partial charge in [-0.05, 0) is 13.3 Å². The number of hydrogen-bond donors (Lipinski definition) is 1. The minimum Gasteiger partial charge on any atom is -0.363 e. The van der Waals surface area contributed by atoms with Gasteiger partial charge in [0, 0.05) is 19.7 Å². The normalized spacial score (nSPS) is 10.1. The van der Waals surface area contributed by atoms with Crippen LogP contribution in [-0.4, -0.2) is 35.9 Å². The molecule has 0 aliphatic carbocycles. The van der Waals surface area contributed by atoms with Crippen LogP contribution in [-0.2, 0) is 4.79 Å². The van der Waals surface area contributed by atoms with E-state index >= 15 is 0 Å². The van der Waals surface area contributed by atoms with Crippen LogP contribution in [0.1, 0.15) is 26.7 Å². The molecule has 94 valence electrons. The van der Waals surface area contributed by atoms with Crippen LogP contribution in [0.25, 0.3) is 0 Å². The maximum absolute atomic E-state index is 10.9. The van der Waals surface area contributed by atoms with Crippen molar-refractivity contribution in [1.29, 1.82) is 0 Å². The van der Waals surface area contributed by atoms with Gasteiger partial charge in [0.15, 0.2) is 0 Å². The molecule has 0 spiro atoms. The number of nitrogens with zero attached hydrogens (tertiary/aromatic N) is 3. The highest BCUT2D eigenvalue weighted by Crippen LogP contribution is 2.12. The number of rotatable bonds is 7. The first-order chi connectivity index (χ1) is 8.13. The molecule has 0 atom stereocenters. The van der Waals surface area contributed by atoms with Gasteiger partial charge in [-0.3, -0.25) is 4.79 Å². The van der Waals surface area contributed by atoms with Crippen molar-refractivity contribution in [3.05, 3.63) is 12.4 Å². The summed E-state index contributed by atoms with van der Waals surface area (Å²) in [4.78, 5) is 21.2. The lowest BCUT2D eigenvalue weighted by atomic mass is 10.3. The van der Waals surface area contributed by atoms with Crippen molar-refractivity contribution in [2.24, 2.45) is 0 Å². The summed E-state index contributed by atoms with van der Waals surface area (Å²) in [6, 6.07) is 1.86. The van der Waals surface area contributed by atoms with E-state index in [-0.39, 0.29) is 5.78 Å². The molecule has 0 aromatic carbocycles. The molecule has 1 rings (SSSR count). The van der Waals surface area contributed by atoms with Gasteiger partial charge in [-0.1, -0.05) is 13.3 Å².